The van der Waals surface area contributed by atoms with Gasteiger partial charge in [-0.05, 0) is 31.3 Å². The molecule has 1 fully saturated rings. The number of nitrogens with one attached hydrogen (secondary N) is 1. The highest BCUT2D eigenvalue weighted by molar-refractivity contribution is 5.99. The minimum Gasteiger partial charge on any atom is -0.496 e. The number of carbonyl (C=O) groups is 1. The summed E-state index contributed by atoms with van der Waals surface area (Å²) in [6.07, 6.45) is 3.27. The van der Waals surface area contributed by atoms with Crippen LogP contribution >= 0.6 is 0 Å². The maximum atomic E-state index is 13.8. The number of benzene rings is 1. The maximum absolute atomic E-state index is 13.8. The molecule has 0 atom stereocenters. The summed E-state index contributed by atoms with van der Waals surface area (Å²) < 4.78 is 19.0. The molecule has 1 aliphatic heterocycles. The molecule has 138 valence electrons. The molecular formula is C19H23FN4O2. The summed E-state index contributed by atoms with van der Waals surface area (Å²) in [7, 11) is 3.63. The molecule has 1 aromatic carbocycles. The Hall–Kier alpha value is -2.67. The molecule has 0 unspecified atom stereocenters. The molecule has 1 saturated heterocycles. The molecule has 0 bridgehead atoms. The van der Waals surface area contributed by atoms with E-state index in [0.717, 1.165) is 37.4 Å². The Balaban J connectivity index is 1.77. The Bertz CT molecular complexity index is 776. The normalized spacial score (nSPS) is 15.0. The van der Waals surface area contributed by atoms with Crippen molar-refractivity contribution in [1.82, 2.24) is 15.2 Å². The zero-order valence-electron chi connectivity index (χ0n) is 15.0. The van der Waals surface area contributed by atoms with Crippen LogP contribution in [0.4, 0.5) is 10.1 Å². The van der Waals surface area contributed by atoms with Gasteiger partial charge in [-0.3, -0.25) is 9.78 Å². The maximum Gasteiger partial charge on any atom is 0.253 e. The second kappa shape index (κ2) is 8.14. The molecular weight excluding hydrogens is 335 g/mol. The van der Waals surface area contributed by atoms with Gasteiger partial charge in [0.15, 0.2) is 0 Å². The SMILES string of the molecule is COc1ccncc1CNC(=O)c1cc(F)ccc1N1CCN(C)CC1. The third-order valence-electron chi connectivity index (χ3n) is 4.57. The summed E-state index contributed by atoms with van der Waals surface area (Å²) in [5, 5.41) is 2.84. The van der Waals surface area contributed by atoms with Gasteiger partial charge in [-0.25, -0.2) is 4.39 Å². The largest absolute Gasteiger partial charge is 0.496 e. The number of aromatic nitrogens is 1. The molecule has 3 rings (SSSR count). The van der Waals surface area contributed by atoms with Gasteiger partial charge in [0.25, 0.3) is 5.91 Å². The Kier molecular flexibility index (Phi) is 5.68. The highest BCUT2D eigenvalue weighted by Crippen LogP contribution is 2.23. The van der Waals surface area contributed by atoms with E-state index in [1.54, 1.807) is 31.6 Å². The van der Waals surface area contributed by atoms with E-state index in [0.29, 0.717) is 11.3 Å². The van der Waals surface area contributed by atoms with Crippen LogP contribution in [0.25, 0.3) is 0 Å². The summed E-state index contributed by atoms with van der Waals surface area (Å²) in [6.45, 7) is 3.68. The van der Waals surface area contributed by atoms with Crippen molar-refractivity contribution >= 4 is 11.6 Å². The molecule has 1 aromatic heterocycles. The smallest absolute Gasteiger partial charge is 0.253 e. The van der Waals surface area contributed by atoms with E-state index in [9.17, 15) is 9.18 Å². The minimum absolute atomic E-state index is 0.258. The number of methoxy groups -OCH3 is 1. The number of carbonyl (C=O) groups excluding carboxylic acids is 1. The van der Waals surface area contributed by atoms with Crippen molar-refractivity contribution in [3.05, 3.63) is 53.6 Å². The first-order chi connectivity index (χ1) is 12.6. The molecule has 1 N–H and O–H groups in total. The Labute approximate surface area is 152 Å². The lowest BCUT2D eigenvalue weighted by Gasteiger charge is -2.35. The molecule has 1 amide bonds. The van der Waals surface area contributed by atoms with E-state index in [2.05, 4.69) is 27.1 Å². The fourth-order valence-corrected chi connectivity index (χ4v) is 3.03. The van der Waals surface area contributed by atoms with Crippen molar-refractivity contribution < 1.29 is 13.9 Å². The van der Waals surface area contributed by atoms with Crippen molar-refractivity contribution in [2.24, 2.45) is 0 Å². The molecule has 7 heteroatoms. The second-order valence-electron chi connectivity index (χ2n) is 6.32. The van der Waals surface area contributed by atoms with Crippen LogP contribution in [0.5, 0.6) is 5.75 Å². The number of rotatable bonds is 5. The number of pyridine rings is 1. The predicted octanol–water partition coefficient (Wildman–Crippen LogP) is 1.91. The van der Waals surface area contributed by atoms with Gasteiger partial charge in [-0.2, -0.15) is 0 Å². The van der Waals surface area contributed by atoms with Gasteiger partial charge >= 0.3 is 0 Å². The van der Waals surface area contributed by atoms with Gasteiger partial charge in [0.2, 0.25) is 0 Å². The number of halogens is 1. The van der Waals surface area contributed by atoms with Crippen LogP contribution in [0.1, 0.15) is 15.9 Å². The Morgan fingerprint density at radius 2 is 2.04 bits per heavy atom. The molecule has 0 spiro atoms. The fourth-order valence-electron chi connectivity index (χ4n) is 3.03. The van der Waals surface area contributed by atoms with Crippen molar-refractivity contribution in [1.29, 1.82) is 0 Å². The molecule has 0 saturated carbocycles. The molecule has 6 nitrogen and oxygen atoms in total. The number of anilines is 1. The van der Waals surface area contributed by atoms with Gasteiger partial charge < -0.3 is 19.9 Å². The van der Waals surface area contributed by atoms with Crippen LogP contribution in [-0.2, 0) is 6.54 Å². The highest BCUT2D eigenvalue weighted by Gasteiger charge is 2.21. The van der Waals surface area contributed by atoms with Gasteiger partial charge in [0.1, 0.15) is 11.6 Å². The van der Waals surface area contributed by atoms with E-state index < -0.39 is 5.82 Å². The summed E-state index contributed by atoms with van der Waals surface area (Å²) in [5.41, 5.74) is 1.87. The van der Waals surface area contributed by atoms with Crippen molar-refractivity contribution in [2.75, 3.05) is 45.2 Å². The van der Waals surface area contributed by atoms with Crippen LogP contribution in [0.3, 0.4) is 0 Å². The van der Waals surface area contributed by atoms with E-state index in [1.807, 2.05) is 0 Å². The van der Waals surface area contributed by atoms with E-state index >= 15 is 0 Å². The fraction of sp³-hybridized carbons (Fsp3) is 0.368. The first kappa shape index (κ1) is 18.1. The average molecular weight is 358 g/mol. The summed E-state index contributed by atoms with van der Waals surface area (Å²) in [4.78, 5) is 21.1. The van der Waals surface area contributed by atoms with Crippen LogP contribution in [-0.4, -0.2) is 56.1 Å². The zero-order valence-corrected chi connectivity index (χ0v) is 15.0. The number of hydrogen-bond acceptors (Lipinski definition) is 5. The third kappa shape index (κ3) is 4.11. The molecule has 2 aromatic rings. The highest BCUT2D eigenvalue weighted by atomic mass is 19.1. The van der Waals surface area contributed by atoms with Crippen LogP contribution in [0.15, 0.2) is 36.7 Å². The molecule has 0 radical (unpaired) electrons. The quantitative estimate of drug-likeness (QED) is 0.885. The number of amides is 1. The van der Waals surface area contributed by atoms with Gasteiger partial charge in [0.05, 0.1) is 12.7 Å². The van der Waals surface area contributed by atoms with Gasteiger partial charge in [-0.15, -0.1) is 0 Å². The van der Waals surface area contributed by atoms with Crippen molar-refractivity contribution in [3.63, 3.8) is 0 Å². The Morgan fingerprint density at radius 3 is 2.77 bits per heavy atom. The molecule has 2 heterocycles. The number of nitrogens with zero attached hydrogens (tertiary/aromatic N) is 3. The summed E-state index contributed by atoms with van der Waals surface area (Å²) in [6, 6.07) is 6.11. The van der Waals surface area contributed by atoms with Crippen LogP contribution < -0.4 is 15.0 Å². The number of hydrogen-bond donors (Lipinski definition) is 1. The Morgan fingerprint density at radius 1 is 1.27 bits per heavy atom. The lowest BCUT2D eigenvalue weighted by atomic mass is 10.1. The van der Waals surface area contributed by atoms with Crippen LogP contribution in [0.2, 0.25) is 0 Å². The van der Waals surface area contributed by atoms with Gasteiger partial charge in [-0.1, -0.05) is 0 Å². The second-order valence-corrected chi connectivity index (χ2v) is 6.32. The lowest BCUT2D eigenvalue weighted by molar-refractivity contribution is 0.0950. The predicted molar refractivity (Wildman–Crippen MR) is 98.1 cm³/mol. The molecule has 26 heavy (non-hydrogen) atoms. The third-order valence-corrected chi connectivity index (χ3v) is 4.57. The van der Waals surface area contributed by atoms with Gasteiger partial charge in [0, 0.05) is 56.4 Å². The molecule has 0 aliphatic carbocycles. The minimum atomic E-state index is -0.424. The average Bonchev–Trinajstić information content (AvgIpc) is 2.67. The number of piperazine rings is 1. The zero-order chi connectivity index (χ0) is 18.5. The first-order valence-corrected chi connectivity index (χ1v) is 8.56. The van der Waals surface area contributed by atoms with Crippen molar-refractivity contribution in [2.45, 2.75) is 6.54 Å². The summed E-state index contributed by atoms with van der Waals surface area (Å²) >= 11 is 0. The lowest BCUT2D eigenvalue weighted by Crippen LogP contribution is -2.45. The summed E-state index contributed by atoms with van der Waals surface area (Å²) in [5.74, 6) is -0.0878. The standard InChI is InChI=1S/C19H23FN4O2/c1-23-7-9-24(10-8-23)17-4-3-15(20)11-16(17)19(25)22-13-14-12-21-6-5-18(14)26-2/h3-6,11-12H,7-10,13H2,1-2H3,(H,22,25). The van der Waals surface area contributed by atoms with Crippen LogP contribution in [0, 0.1) is 5.82 Å². The first-order valence-electron chi connectivity index (χ1n) is 8.56. The van der Waals surface area contributed by atoms with E-state index in [-0.39, 0.29) is 12.5 Å². The van der Waals surface area contributed by atoms with E-state index in [1.165, 1.54) is 12.1 Å². The van der Waals surface area contributed by atoms with Crippen molar-refractivity contribution in [3.8, 4) is 5.75 Å². The molecule has 1 aliphatic rings. The number of ether oxygens (including phenoxy) is 1. The number of likely N-dealkylation sites (N-methyl/N-ethyl adjacent to an activating group) is 1. The topological polar surface area (TPSA) is 57.7 Å². The monoisotopic (exact) mass is 358 g/mol. The van der Waals surface area contributed by atoms with E-state index in [4.69, 9.17) is 4.74 Å².